The Morgan fingerprint density at radius 3 is 2.59 bits per heavy atom. The van der Waals surface area contributed by atoms with Gasteiger partial charge in [0.15, 0.2) is 5.82 Å². The number of thiophene rings is 1. The van der Waals surface area contributed by atoms with Crippen LogP contribution in [0, 0.1) is 5.82 Å². The van der Waals surface area contributed by atoms with Crippen molar-refractivity contribution in [2.75, 3.05) is 11.8 Å². The molecule has 0 bridgehead atoms. The molecule has 0 aliphatic carbocycles. The second-order valence-corrected chi connectivity index (χ2v) is 10.4. The molecule has 0 saturated carbocycles. The van der Waals surface area contributed by atoms with Crippen LogP contribution >= 0.6 is 22.9 Å². The van der Waals surface area contributed by atoms with E-state index in [-0.39, 0.29) is 28.8 Å². The minimum Gasteiger partial charge on any atom is -0.496 e. The number of halogens is 2. The number of fused-ring (bicyclic) bond motifs is 1. The molecule has 0 atom stereocenters. The molecule has 2 aromatic carbocycles. The standard InChI is InChI=1S/C20H18ClFN4O3S2.CH2O2/c1-29-16-9-14(22)8-15-19(16)20(25-31(27,28)18-6-5-17(21)30-18)24-26(15)11-13-4-2-3-12(7-13)10-23;2-1-3/h2-9H,10-11,23H2,1H3,(H,24,25);1H,(H,2,3). The Balaban J connectivity index is 0.00000103. The van der Waals surface area contributed by atoms with Crippen LogP contribution in [0.4, 0.5) is 10.2 Å². The Labute approximate surface area is 203 Å². The van der Waals surface area contributed by atoms with Crippen LogP contribution in [-0.4, -0.2) is 36.9 Å². The normalized spacial score (nSPS) is 11.1. The van der Waals surface area contributed by atoms with E-state index in [4.69, 9.17) is 32.0 Å². The van der Waals surface area contributed by atoms with Gasteiger partial charge in [0.05, 0.1) is 28.9 Å². The van der Waals surface area contributed by atoms with E-state index in [2.05, 4.69) is 9.82 Å². The number of rotatable bonds is 7. The first-order valence-electron chi connectivity index (χ1n) is 9.60. The average molecular weight is 527 g/mol. The van der Waals surface area contributed by atoms with Gasteiger partial charge < -0.3 is 15.6 Å². The van der Waals surface area contributed by atoms with Crippen LogP contribution in [0.5, 0.6) is 5.75 Å². The summed E-state index contributed by atoms with van der Waals surface area (Å²) in [6.07, 6.45) is 0. The smallest absolute Gasteiger partial charge is 0.290 e. The molecule has 4 aromatic rings. The first kappa shape index (κ1) is 25.4. The summed E-state index contributed by atoms with van der Waals surface area (Å²) in [5, 5.41) is 11.7. The van der Waals surface area contributed by atoms with E-state index in [9.17, 15) is 12.8 Å². The molecule has 0 saturated heterocycles. The SMILES string of the molecule is COc1cc(F)cc2c1c(NS(=O)(=O)c1ccc(Cl)s1)nn2Cc1cccc(CN)c1.O=CO. The van der Waals surface area contributed by atoms with Crippen molar-refractivity contribution in [1.82, 2.24) is 9.78 Å². The van der Waals surface area contributed by atoms with Gasteiger partial charge in [0.2, 0.25) is 0 Å². The zero-order chi connectivity index (χ0) is 24.9. The largest absolute Gasteiger partial charge is 0.496 e. The Bertz CT molecular complexity index is 1420. The molecule has 0 amide bonds. The van der Waals surface area contributed by atoms with E-state index in [0.717, 1.165) is 22.5 Å². The van der Waals surface area contributed by atoms with E-state index in [1.807, 2.05) is 24.3 Å². The number of hydrogen-bond donors (Lipinski definition) is 3. The molecular formula is C21H20ClFN4O5S2. The number of carboxylic acid groups (broad SMARTS) is 1. The van der Waals surface area contributed by atoms with Crippen molar-refractivity contribution in [1.29, 1.82) is 0 Å². The highest BCUT2D eigenvalue weighted by molar-refractivity contribution is 7.94. The van der Waals surface area contributed by atoms with Gasteiger partial charge in [0.25, 0.3) is 16.5 Å². The fourth-order valence-corrected chi connectivity index (χ4v) is 5.73. The molecule has 9 nitrogen and oxygen atoms in total. The Hall–Kier alpha value is -3.19. The molecule has 180 valence electrons. The van der Waals surface area contributed by atoms with Crippen LogP contribution in [0.1, 0.15) is 11.1 Å². The molecule has 4 N–H and O–H groups in total. The van der Waals surface area contributed by atoms with E-state index in [0.29, 0.717) is 21.8 Å². The molecule has 4 rings (SSSR count). The van der Waals surface area contributed by atoms with Crippen molar-refractivity contribution >= 4 is 56.2 Å². The third-order valence-electron chi connectivity index (χ3n) is 4.61. The fourth-order valence-electron chi connectivity index (χ4n) is 3.23. The van der Waals surface area contributed by atoms with Gasteiger partial charge in [0.1, 0.15) is 15.8 Å². The van der Waals surface area contributed by atoms with Crippen molar-refractivity contribution in [2.24, 2.45) is 5.73 Å². The topological polar surface area (TPSA) is 137 Å². The van der Waals surface area contributed by atoms with Crippen molar-refractivity contribution in [3.63, 3.8) is 0 Å². The average Bonchev–Trinajstić information content (AvgIpc) is 3.38. The number of aromatic nitrogens is 2. The van der Waals surface area contributed by atoms with E-state index in [1.165, 1.54) is 36.1 Å². The van der Waals surface area contributed by atoms with Crippen molar-refractivity contribution in [2.45, 2.75) is 17.3 Å². The first-order chi connectivity index (χ1) is 16.2. The molecule has 2 heterocycles. The summed E-state index contributed by atoms with van der Waals surface area (Å²) in [6, 6.07) is 13.0. The summed E-state index contributed by atoms with van der Waals surface area (Å²) in [5.74, 6) is -0.328. The maximum atomic E-state index is 14.2. The number of sulfonamides is 1. The Morgan fingerprint density at radius 2 is 1.97 bits per heavy atom. The predicted molar refractivity (Wildman–Crippen MR) is 129 cm³/mol. The third-order valence-corrected chi connectivity index (χ3v) is 7.67. The minimum absolute atomic E-state index is 0.0337. The van der Waals surface area contributed by atoms with Gasteiger partial charge in [0, 0.05) is 18.7 Å². The monoisotopic (exact) mass is 526 g/mol. The van der Waals surface area contributed by atoms with Crippen LogP contribution in [0.25, 0.3) is 10.9 Å². The van der Waals surface area contributed by atoms with Crippen molar-refractivity contribution in [3.8, 4) is 5.75 Å². The predicted octanol–water partition coefficient (Wildman–Crippen LogP) is 3.91. The fraction of sp³-hybridized carbons (Fsp3) is 0.143. The summed E-state index contributed by atoms with van der Waals surface area (Å²) in [5.41, 5.74) is 7.93. The molecule has 0 fully saturated rings. The maximum absolute atomic E-state index is 14.2. The van der Waals surface area contributed by atoms with Crippen LogP contribution in [-0.2, 0) is 27.9 Å². The van der Waals surface area contributed by atoms with Crippen molar-refractivity contribution < 1.29 is 27.4 Å². The molecule has 0 aliphatic heterocycles. The summed E-state index contributed by atoms with van der Waals surface area (Å²) in [7, 11) is -2.56. The van der Waals surface area contributed by atoms with Gasteiger partial charge in [-0.3, -0.25) is 14.2 Å². The zero-order valence-electron chi connectivity index (χ0n) is 17.7. The number of hydrogen-bond acceptors (Lipinski definition) is 7. The molecule has 34 heavy (non-hydrogen) atoms. The molecule has 2 aromatic heterocycles. The maximum Gasteiger partial charge on any atom is 0.290 e. The summed E-state index contributed by atoms with van der Waals surface area (Å²) >= 11 is 6.81. The minimum atomic E-state index is -3.95. The van der Waals surface area contributed by atoms with Gasteiger partial charge in [-0.2, -0.15) is 5.10 Å². The molecule has 0 radical (unpaired) electrons. The lowest BCUT2D eigenvalue weighted by Crippen LogP contribution is -2.12. The lowest BCUT2D eigenvalue weighted by Gasteiger charge is -2.07. The number of nitrogens with two attached hydrogens (primary N) is 1. The first-order valence-corrected chi connectivity index (χ1v) is 12.3. The number of nitrogens with zero attached hydrogens (tertiary/aromatic N) is 2. The summed E-state index contributed by atoms with van der Waals surface area (Å²) < 4.78 is 49.6. The number of carbonyl (C=O) groups is 1. The molecule has 0 aliphatic rings. The van der Waals surface area contributed by atoms with E-state index >= 15 is 0 Å². The molecule has 0 spiro atoms. The summed E-state index contributed by atoms with van der Waals surface area (Å²) in [6.45, 7) is 0.411. The van der Waals surface area contributed by atoms with E-state index < -0.39 is 15.8 Å². The number of benzene rings is 2. The highest BCUT2D eigenvalue weighted by atomic mass is 35.5. The lowest BCUT2D eigenvalue weighted by atomic mass is 10.1. The van der Waals surface area contributed by atoms with Crippen molar-refractivity contribution in [3.05, 3.63) is 69.8 Å². The van der Waals surface area contributed by atoms with Crippen LogP contribution in [0.3, 0.4) is 0 Å². The van der Waals surface area contributed by atoms with Crippen LogP contribution < -0.4 is 15.2 Å². The van der Waals surface area contributed by atoms with Crippen LogP contribution in [0.2, 0.25) is 4.34 Å². The molecule has 0 unspecified atom stereocenters. The highest BCUT2D eigenvalue weighted by Crippen LogP contribution is 2.35. The Kier molecular flexibility index (Phi) is 8.10. The van der Waals surface area contributed by atoms with Gasteiger partial charge in [-0.1, -0.05) is 35.9 Å². The Morgan fingerprint density at radius 1 is 1.26 bits per heavy atom. The van der Waals surface area contributed by atoms with Gasteiger partial charge in [-0.05, 0) is 23.3 Å². The second-order valence-electron chi connectivity index (χ2n) is 6.80. The number of ether oxygens (including phenoxy) is 1. The molecular weight excluding hydrogens is 507 g/mol. The van der Waals surface area contributed by atoms with E-state index in [1.54, 1.807) is 0 Å². The molecule has 13 heteroatoms. The third kappa shape index (κ3) is 5.65. The quantitative estimate of drug-likeness (QED) is 0.310. The van der Waals surface area contributed by atoms with Gasteiger partial charge in [-0.25, -0.2) is 12.8 Å². The number of methoxy groups -OCH3 is 1. The number of nitrogens with one attached hydrogen (secondary N) is 1. The van der Waals surface area contributed by atoms with Gasteiger partial charge >= 0.3 is 0 Å². The number of anilines is 1. The van der Waals surface area contributed by atoms with Gasteiger partial charge in [-0.15, -0.1) is 11.3 Å². The van der Waals surface area contributed by atoms with Crippen LogP contribution in [0.15, 0.2) is 52.7 Å². The second kappa shape index (κ2) is 10.8. The lowest BCUT2D eigenvalue weighted by molar-refractivity contribution is -0.122. The zero-order valence-corrected chi connectivity index (χ0v) is 20.1. The summed E-state index contributed by atoms with van der Waals surface area (Å²) in [4.78, 5) is 8.36. The highest BCUT2D eigenvalue weighted by Gasteiger charge is 2.23.